The monoisotopic (exact) mass is 354 g/mol. The second-order valence-electron chi connectivity index (χ2n) is 6.41. The van der Waals surface area contributed by atoms with E-state index in [9.17, 15) is 15.2 Å². The van der Waals surface area contributed by atoms with Crippen LogP contribution >= 0.6 is 0 Å². The standard InChI is InChI=1S/C17H18N6O3/c24-12-6-4-11(5-7-12)20-17-18-9-8-16(21-17)22-14-2-1-3-15(23(25)26)13(14)10-19-22/h1-3,8-12,24H,4-7H2,(H,18,20,21). The number of non-ortho nitro benzene ring substituents is 1. The maximum Gasteiger partial charge on any atom is 0.280 e. The lowest BCUT2D eigenvalue weighted by molar-refractivity contribution is -0.383. The minimum absolute atomic E-state index is 0.0157. The highest BCUT2D eigenvalue weighted by Crippen LogP contribution is 2.27. The Kier molecular flexibility index (Phi) is 4.21. The van der Waals surface area contributed by atoms with Crippen molar-refractivity contribution in [3.8, 4) is 5.82 Å². The predicted molar refractivity (Wildman–Crippen MR) is 95.2 cm³/mol. The van der Waals surface area contributed by atoms with Gasteiger partial charge in [-0.3, -0.25) is 10.1 Å². The molecule has 0 bridgehead atoms. The van der Waals surface area contributed by atoms with E-state index in [-0.39, 0.29) is 17.8 Å². The van der Waals surface area contributed by atoms with Gasteiger partial charge in [-0.15, -0.1) is 0 Å². The molecule has 0 aliphatic heterocycles. The first kappa shape index (κ1) is 16.4. The number of benzene rings is 1. The van der Waals surface area contributed by atoms with E-state index in [4.69, 9.17) is 0 Å². The molecule has 26 heavy (non-hydrogen) atoms. The first-order chi connectivity index (χ1) is 12.6. The molecule has 4 rings (SSSR count). The van der Waals surface area contributed by atoms with Crippen molar-refractivity contribution in [2.45, 2.75) is 37.8 Å². The molecule has 1 aliphatic carbocycles. The first-order valence-electron chi connectivity index (χ1n) is 8.51. The Hall–Kier alpha value is -3.07. The van der Waals surface area contributed by atoms with Gasteiger partial charge in [0, 0.05) is 24.4 Å². The third-order valence-corrected chi connectivity index (χ3v) is 4.68. The maximum absolute atomic E-state index is 11.2. The van der Waals surface area contributed by atoms with E-state index < -0.39 is 4.92 Å². The zero-order chi connectivity index (χ0) is 18.1. The van der Waals surface area contributed by atoms with Crippen LogP contribution in [0, 0.1) is 10.1 Å². The van der Waals surface area contributed by atoms with Gasteiger partial charge in [0.2, 0.25) is 5.95 Å². The molecule has 0 spiro atoms. The Balaban J connectivity index is 1.64. The van der Waals surface area contributed by atoms with Gasteiger partial charge in [-0.2, -0.15) is 10.1 Å². The second kappa shape index (κ2) is 6.68. The van der Waals surface area contributed by atoms with Gasteiger partial charge in [0.05, 0.1) is 28.1 Å². The fourth-order valence-electron chi connectivity index (χ4n) is 3.32. The Morgan fingerprint density at radius 2 is 2.04 bits per heavy atom. The quantitative estimate of drug-likeness (QED) is 0.545. The maximum atomic E-state index is 11.2. The largest absolute Gasteiger partial charge is 0.393 e. The molecule has 2 aromatic heterocycles. The molecule has 0 saturated heterocycles. The Morgan fingerprint density at radius 3 is 2.81 bits per heavy atom. The van der Waals surface area contributed by atoms with Crippen LogP contribution in [0.5, 0.6) is 0 Å². The fourth-order valence-corrected chi connectivity index (χ4v) is 3.32. The number of nitrogens with one attached hydrogen (secondary N) is 1. The van der Waals surface area contributed by atoms with E-state index in [2.05, 4.69) is 20.4 Å². The molecule has 2 heterocycles. The molecule has 0 radical (unpaired) electrons. The van der Waals surface area contributed by atoms with Gasteiger partial charge in [-0.1, -0.05) is 6.07 Å². The van der Waals surface area contributed by atoms with E-state index in [1.165, 1.54) is 12.3 Å². The van der Waals surface area contributed by atoms with Gasteiger partial charge in [-0.25, -0.2) is 9.67 Å². The Bertz CT molecular complexity index is 949. The number of hydrogen-bond donors (Lipinski definition) is 2. The highest BCUT2D eigenvalue weighted by molar-refractivity contribution is 5.88. The lowest BCUT2D eigenvalue weighted by Crippen LogP contribution is -2.29. The molecular formula is C17H18N6O3. The zero-order valence-corrected chi connectivity index (χ0v) is 13.9. The third kappa shape index (κ3) is 3.08. The van der Waals surface area contributed by atoms with Crippen LogP contribution in [0.25, 0.3) is 16.7 Å². The summed E-state index contributed by atoms with van der Waals surface area (Å²) < 4.78 is 1.57. The van der Waals surface area contributed by atoms with Crippen molar-refractivity contribution in [1.29, 1.82) is 0 Å². The van der Waals surface area contributed by atoms with E-state index >= 15 is 0 Å². The first-order valence-corrected chi connectivity index (χ1v) is 8.51. The van der Waals surface area contributed by atoms with Crippen LogP contribution in [0.1, 0.15) is 25.7 Å². The summed E-state index contributed by atoms with van der Waals surface area (Å²) >= 11 is 0. The van der Waals surface area contributed by atoms with Crippen molar-refractivity contribution >= 4 is 22.5 Å². The number of nitrogens with zero attached hydrogens (tertiary/aromatic N) is 5. The van der Waals surface area contributed by atoms with Crippen LogP contribution in [0.15, 0.2) is 36.7 Å². The minimum Gasteiger partial charge on any atom is -0.393 e. The van der Waals surface area contributed by atoms with Crippen LogP contribution in [-0.2, 0) is 0 Å². The molecule has 3 aromatic rings. The smallest absolute Gasteiger partial charge is 0.280 e. The van der Waals surface area contributed by atoms with Crippen LogP contribution in [0.2, 0.25) is 0 Å². The molecule has 134 valence electrons. The lowest BCUT2D eigenvalue weighted by atomic mass is 9.93. The topological polar surface area (TPSA) is 119 Å². The predicted octanol–water partition coefficient (Wildman–Crippen LogP) is 2.44. The third-order valence-electron chi connectivity index (χ3n) is 4.68. The summed E-state index contributed by atoms with van der Waals surface area (Å²) in [4.78, 5) is 19.5. The number of rotatable bonds is 4. The summed E-state index contributed by atoms with van der Waals surface area (Å²) in [6, 6.07) is 6.79. The van der Waals surface area contributed by atoms with E-state index in [1.54, 1.807) is 29.1 Å². The summed E-state index contributed by atoms with van der Waals surface area (Å²) in [5.41, 5.74) is 0.631. The number of nitro benzene ring substituents is 1. The molecule has 1 aliphatic rings. The molecule has 0 unspecified atom stereocenters. The minimum atomic E-state index is -0.418. The molecule has 1 saturated carbocycles. The van der Waals surface area contributed by atoms with Crippen LogP contribution in [0.3, 0.4) is 0 Å². The van der Waals surface area contributed by atoms with Crippen molar-refractivity contribution in [3.63, 3.8) is 0 Å². The highest BCUT2D eigenvalue weighted by Gasteiger charge is 2.20. The van der Waals surface area contributed by atoms with Crippen LogP contribution in [0.4, 0.5) is 11.6 Å². The molecule has 0 atom stereocenters. The zero-order valence-electron chi connectivity index (χ0n) is 13.9. The van der Waals surface area contributed by atoms with Crippen molar-refractivity contribution in [2.24, 2.45) is 0 Å². The molecule has 0 amide bonds. The fraction of sp³-hybridized carbons (Fsp3) is 0.353. The molecule has 9 heteroatoms. The SMILES string of the molecule is O=[N+]([O-])c1cccc2c1cnn2-c1ccnc(NC2CCC(O)CC2)n1. The number of aliphatic hydroxyl groups excluding tert-OH is 1. The van der Waals surface area contributed by atoms with Gasteiger partial charge < -0.3 is 10.4 Å². The van der Waals surface area contributed by atoms with Gasteiger partial charge in [-0.05, 0) is 31.7 Å². The number of hydrogen-bond acceptors (Lipinski definition) is 7. The number of anilines is 1. The van der Waals surface area contributed by atoms with Crippen LogP contribution < -0.4 is 5.32 Å². The Morgan fingerprint density at radius 1 is 1.23 bits per heavy atom. The van der Waals surface area contributed by atoms with Gasteiger partial charge in [0.25, 0.3) is 5.69 Å². The lowest BCUT2D eigenvalue weighted by Gasteiger charge is -2.26. The summed E-state index contributed by atoms with van der Waals surface area (Å²) in [5, 5.41) is 28.8. The van der Waals surface area contributed by atoms with Crippen molar-refractivity contribution in [3.05, 3.63) is 46.8 Å². The highest BCUT2D eigenvalue weighted by atomic mass is 16.6. The van der Waals surface area contributed by atoms with E-state index in [1.807, 2.05) is 0 Å². The number of aliphatic hydroxyl groups is 1. The van der Waals surface area contributed by atoms with Gasteiger partial charge in [0.1, 0.15) is 0 Å². The van der Waals surface area contributed by atoms with E-state index in [0.717, 1.165) is 25.7 Å². The molecule has 1 aromatic carbocycles. The van der Waals surface area contributed by atoms with Gasteiger partial charge >= 0.3 is 0 Å². The summed E-state index contributed by atoms with van der Waals surface area (Å²) in [5.74, 6) is 1.02. The molecule has 2 N–H and O–H groups in total. The van der Waals surface area contributed by atoms with Gasteiger partial charge in [0.15, 0.2) is 5.82 Å². The molecular weight excluding hydrogens is 336 g/mol. The average Bonchev–Trinajstić information content (AvgIpc) is 3.08. The average molecular weight is 354 g/mol. The normalized spacial score (nSPS) is 20.2. The number of fused-ring (bicyclic) bond motifs is 1. The summed E-state index contributed by atoms with van der Waals surface area (Å²) in [6.07, 6.45) is 6.16. The molecule has 1 fully saturated rings. The molecule has 9 nitrogen and oxygen atoms in total. The Labute approximate surface area is 148 Å². The number of nitro groups is 1. The number of aromatic nitrogens is 4. The summed E-state index contributed by atoms with van der Waals surface area (Å²) in [7, 11) is 0. The summed E-state index contributed by atoms with van der Waals surface area (Å²) in [6.45, 7) is 0. The van der Waals surface area contributed by atoms with E-state index in [0.29, 0.717) is 22.7 Å². The van der Waals surface area contributed by atoms with Crippen molar-refractivity contribution in [1.82, 2.24) is 19.7 Å². The second-order valence-corrected chi connectivity index (χ2v) is 6.41. The van der Waals surface area contributed by atoms with Crippen LogP contribution in [-0.4, -0.2) is 41.9 Å². The van der Waals surface area contributed by atoms with Crippen molar-refractivity contribution < 1.29 is 10.0 Å². The van der Waals surface area contributed by atoms with Crippen molar-refractivity contribution in [2.75, 3.05) is 5.32 Å².